The number of hydrogen-bond acceptors (Lipinski definition) is 4. The normalized spacial score (nSPS) is 27.6. The van der Waals surface area contributed by atoms with Crippen LogP contribution < -0.4 is 5.32 Å². The number of furan rings is 1. The smallest absolute Gasteiger partial charge is 0.139 e. The Kier molecular flexibility index (Phi) is 3.19. The minimum Gasteiger partial charge on any atom is -0.464 e. The first-order valence-electron chi connectivity index (χ1n) is 6.95. The molecule has 0 atom stereocenters. The maximum atomic E-state index is 10.6. The molecule has 3 rings (SSSR count). The van der Waals surface area contributed by atoms with E-state index in [-0.39, 0.29) is 0 Å². The molecule has 2 aromatic rings. The number of anilines is 1. The molecule has 0 spiro atoms. The highest BCUT2D eigenvalue weighted by molar-refractivity contribution is 5.87. The lowest BCUT2D eigenvalue weighted by molar-refractivity contribution is 0.00497. The number of fused-ring (bicyclic) bond motifs is 1. The summed E-state index contributed by atoms with van der Waals surface area (Å²) >= 11 is 0. The average Bonchev–Trinajstić information content (AvgIpc) is 2.89. The average molecular weight is 260 g/mol. The fourth-order valence-corrected chi connectivity index (χ4v) is 2.76. The number of nitrogens with zero attached hydrogens (tertiary/aromatic N) is 1. The largest absolute Gasteiger partial charge is 0.464 e. The van der Waals surface area contributed by atoms with Gasteiger partial charge in [0, 0.05) is 12.7 Å². The molecule has 2 heterocycles. The SMILES string of the molecule is CC1CCC(O)(CNc2nccc3occc23)CC1. The molecule has 2 aromatic heterocycles. The van der Waals surface area contributed by atoms with Crippen molar-refractivity contribution in [1.29, 1.82) is 0 Å². The molecule has 1 fully saturated rings. The van der Waals surface area contributed by atoms with Gasteiger partial charge >= 0.3 is 0 Å². The summed E-state index contributed by atoms with van der Waals surface area (Å²) in [6.07, 6.45) is 7.31. The van der Waals surface area contributed by atoms with Gasteiger partial charge in [-0.15, -0.1) is 0 Å². The third-order valence-corrected chi connectivity index (χ3v) is 4.17. The molecule has 0 aromatic carbocycles. The lowest BCUT2D eigenvalue weighted by Crippen LogP contribution is -2.40. The second kappa shape index (κ2) is 4.85. The minimum absolute atomic E-state index is 0.553. The van der Waals surface area contributed by atoms with Crippen LogP contribution in [0.25, 0.3) is 11.0 Å². The number of aliphatic hydroxyl groups is 1. The predicted octanol–water partition coefficient (Wildman–Crippen LogP) is 3.18. The lowest BCUT2D eigenvalue weighted by atomic mass is 9.79. The second-order valence-corrected chi connectivity index (χ2v) is 5.75. The van der Waals surface area contributed by atoms with Gasteiger partial charge < -0.3 is 14.8 Å². The van der Waals surface area contributed by atoms with E-state index < -0.39 is 5.60 Å². The van der Waals surface area contributed by atoms with Crippen molar-refractivity contribution in [2.45, 2.75) is 38.2 Å². The third kappa shape index (κ3) is 2.59. The van der Waals surface area contributed by atoms with Crippen LogP contribution in [-0.4, -0.2) is 22.2 Å². The number of aromatic nitrogens is 1. The zero-order chi connectivity index (χ0) is 13.3. The van der Waals surface area contributed by atoms with Crippen LogP contribution in [0.5, 0.6) is 0 Å². The minimum atomic E-state index is -0.597. The van der Waals surface area contributed by atoms with Gasteiger partial charge in [-0.1, -0.05) is 6.92 Å². The Morgan fingerprint density at radius 3 is 3.00 bits per heavy atom. The summed E-state index contributed by atoms with van der Waals surface area (Å²) in [5.41, 5.74) is 0.224. The van der Waals surface area contributed by atoms with E-state index >= 15 is 0 Å². The Morgan fingerprint density at radius 2 is 2.21 bits per heavy atom. The molecule has 0 bridgehead atoms. The van der Waals surface area contributed by atoms with E-state index in [1.54, 1.807) is 12.5 Å². The van der Waals surface area contributed by atoms with Crippen LogP contribution in [-0.2, 0) is 0 Å². The van der Waals surface area contributed by atoms with Crippen molar-refractivity contribution in [3.8, 4) is 0 Å². The summed E-state index contributed by atoms with van der Waals surface area (Å²) in [4.78, 5) is 4.33. The Bertz CT molecular complexity index is 556. The summed E-state index contributed by atoms with van der Waals surface area (Å²) in [6.45, 7) is 2.80. The van der Waals surface area contributed by atoms with Crippen molar-refractivity contribution < 1.29 is 9.52 Å². The Hall–Kier alpha value is -1.55. The molecule has 4 heteroatoms. The van der Waals surface area contributed by atoms with Crippen LogP contribution in [0.2, 0.25) is 0 Å². The summed E-state index contributed by atoms with van der Waals surface area (Å²) in [7, 11) is 0. The Balaban J connectivity index is 1.70. The predicted molar refractivity (Wildman–Crippen MR) is 75.1 cm³/mol. The van der Waals surface area contributed by atoms with Crippen molar-refractivity contribution in [1.82, 2.24) is 4.98 Å². The van der Waals surface area contributed by atoms with E-state index in [2.05, 4.69) is 17.2 Å². The first kappa shape index (κ1) is 12.5. The zero-order valence-electron chi connectivity index (χ0n) is 11.2. The molecule has 0 aliphatic heterocycles. The molecule has 1 aliphatic carbocycles. The molecule has 0 radical (unpaired) electrons. The van der Waals surface area contributed by atoms with Crippen molar-refractivity contribution in [3.63, 3.8) is 0 Å². The highest BCUT2D eigenvalue weighted by Crippen LogP contribution is 2.32. The van der Waals surface area contributed by atoms with Crippen molar-refractivity contribution >= 4 is 16.8 Å². The van der Waals surface area contributed by atoms with Gasteiger partial charge in [-0.3, -0.25) is 0 Å². The second-order valence-electron chi connectivity index (χ2n) is 5.75. The van der Waals surface area contributed by atoms with E-state index in [1.807, 2.05) is 12.1 Å². The van der Waals surface area contributed by atoms with Crippen LogP contribution in [0.4, 0.5) is 5.82 Å². The lowest BCUT2D eigenvalue weighted by Gasteiger charge is -2.35. The van der Waals surface area contributed by atoms with Crippen LogP contribution in [0, 0.1) is 5.92 Å². The summed E-state index contributed by atoms with van der Waals surface area (Å²) in [5, 5.41) is 14.8. The monoisotopic (exact) mass is 260 g/mol. The molecular formula is C15H20N2O2. The van der Waals surface area contributed by atoms with Crippen LogP contribution in [0.15, 0.2) is 29.0 Å². The molecule has 0 amide bonds. The number of hydrogen-bond donors (Lipinski definition) is 2. The summed E-state index contributed by atoms with van der Waals surface area (Å²) in [6, 6.07) is 3.75. The maximum absolute atomic E-state index is 10.6. The van der Waals surface area contributed by atoms with Gasteiger partial charge in [0.05, 0.1) is 17.3 Å². The van der Waals surface area contributed by atoms with Crippen LogP contribution in [0.3, 0.4) is 0 Å². The van der Waals surface area contributed by atoms with E-state index in [1.165, 1.54) is 0 Å². The number of nitrogens with one attached hydrogen (secondary N) is 1. The molecule has 4 nitrogen and oxygen atoms in total. The van der Waals surface area contributed by atoms with Crippen LogP contribution >= 0.6 is 0 Å². The van der Waals surface area contributed by atoms with Gasteiger partial charge in [0.25, 0.3) is 0 Å². The van der Waals surface area contributed by atoms with Gasteiger partial charge in [-0.05, 0) is 43.7 Å². The van der Waals surface area contributed by atoms with E-state index in [0.29, 0.717) is 6.54 Å². The molecule has 102 valence electrons. The Morgan fingerprint density at radius 1 is 1.42 bits per heavy atom. The van der Waals surface area contributed by atoms with Crippen molar-refractivity contribution in [2.75, 3.05) is 11.9 Å². The van der Waals surface area contributed by atoms with Crippen molar-refractivity contribution in [2.24, 2.45) is 5.92 Å². The van der Waals surface area contributed by atoms with Gasteiger partial charge in [-0.25, -0.2) is 4.98 Å². The first-order chi connectivity index (χ1) is 9.16. The zero-order valence-corrected chi connectivity index (χ0v) is 11.2. The van der Waals surface area contributed by atoms with Crippen LogP contribution in [0.1, 0.15) is 32.6 Å². The summed E-state index contributed by atoms with van der Waals surface area (Å²) in [5.74, 6) is 1.52. The highest BCUT2D eigenvalue weighted by Gasteiger charge is 2.31. The topological polar surface area (TPSA) is 58.3 Å². The number of pyridine rings is 1. The van der Waals surface area contributed by atoms with Gasteiger partial charge in [0.1, 0.15) is 11.4 Å². The molecular weight excluding hydrogens is 240 g/mol. The molecule has 0 saturated heterocycles. The standard InChI is InChI=1S/C15H20N2O2/c1-11-2-6-15(18,7-3-11)10-17-14-12-5-9-19-13(12)4-8-16-14/h4-5,8-9,11,18H,2-3,6-7,10H2,1H3,(H,16,17). The quantitative estimate of drug-likeness (QED) is 0.890. The maximum Gasteiger partial charge on any atom is 0.139 e. The van der Waals surface area contributed by atoms with E-state index in [9.17, 15) is 5.11 Å². The highest BCUT2D eigenvalue weighted by atomic mass is 16.3. The fraction of sp³-hybridized carbons (Fsp3) is 0.533. The van der Waals surface area contributed by atoms with Gasteiger partial charge in [0.15, 0.2) is 0 Å². The summed E-state index contributed by atoms with van der Waals surface area (Å²) < 4.78 is 5.35. The number of rotatable bonds is 3. The first-order valence-corrected chi connectivity index (χ1v) is 6.95. The molecule has 0 unspecified atom stereocenters. The van der Waals surface area contributed by atoms with Gasteiger partial charge in [0.2, 0.25) is 0 Å². The molecule has 1 aliphatic rings. The fourth-order valence-electron chi connectivity index (χ4n) is 2.76. The molecule has 2 N–H and O–H groups in total. The van der Waals surface area contributed by atoms with Gasteiger partial charge in [-0.2, -0.15) is 0 Å². The molecule has 1 saturated carbocycles. The van der Waals surface area contributed by atoms with E-state index in [0.717, 1.165) is 48.4 Å². The van der Waals surface area contributed by atoms with E-state index in [4.69, 9.17) is 4.42 Å². The Labute approximate surface area is 112 Å². The van der Waals surface area contributed by atoms with Crippen molar-refractivity contribution in [3.05, 3.63) is 24.6 Å². The third-order valence-electron chi connectivity index (χ3n) is 4.17. The molecule has 19 heavy (non-hydrogen) atoms.